The van der Waals surface area contributed by atoms with Crippen LogP contribution in [-0.4, -0.2) is 48.0 Å². The summed E-state index contributed by atoms with van der Waals surface area (Å²) in [5.41, 5.74) is 4.39. The van der Waals surface area contributed by atoms with Gasteiger partial charge in [-0.3, -0.25) is 9.69 Å². The van der Waals surface area contributed by atoms with E-state index in [-0.39, 0.29) is 11.1 Å². The van der Waals surface area contributed by atoms with Crippen molar-refractivity contribution < 1.29 is 18.0 Å². The molecule has 1 aliphatic rings. The van der Waals surface area contributed by atoms with Gasteiger partial charge in [0, 0.05) is 32.4 Å². The van der Waals surface area contributed by atoms with Gasteiger partial charge in [-0.25, -0.2) is 4.98 Å². The Labute approximate surface area is 130 Å². The molecule has 1 atom stereocenters. The maximum atomic E-state index is 12.6. The predicted octanol–water partition coefficient (Wildman–Crippen LogP) is 1.75. The molecule has 1 fully saturated rings. The Morgan fingerprint density at radius 1 is 1.36 bits per heavy atom. The molecule has 5 nitrogen and oxygen atoms in total. The monoisotopic (exact) mass is 336 g/mol. The zero-order valence-electron chi connectivity index (χ0n) is 11.9. The number of alkyl halides is 3. The van der Waals surface area contributed by atoms with Crippen molar-refractivity contribution in [3.05, 3.63) is 22.8 Å². The van der Waals surface area contributed by atoms with Crippen LogP contribution in [0.2, 0.25) is 5.02 Å². The van der Waals surface area contributed by atoms with E-state index in [1.807, 2.05) is 4.90 Å². The lowest BCUT2D eigenvalue weighted by Crippen LogP contribution is -2.53. The molecule has 1 amide bonds. The third-order valence-electron chi connectivity index (χ3n) is 3.72. The lowest BCUT2D eigenvalue weighted by Gasteiger charge is -2.37. The predicted molar refractivity (Wildman–Crippen MR) is 76.7 cm³/mol. The van der Waals surface area contributed by atoms with E-state index in [0.717, 1.165) is 12.3 Å². The zero-order valence-corrected chi connectivity index (χ0v) is 12.7. The summed E-state index contributed by atoms with van der Waals surface area (Å²) in [7, 11) is 0. The molecule has 1 aliphatic heterocycles. The second kappa shape index (κ2) is 6.29. The zero-order chi connectivity index (χ0) is 16.5. The molecule has 0 radical (unpaired) electrons. The highest BCUT2D eigenvalue weighted by molar-refractivity contribution is 6.33. The summed E-state index contributed by atoms with van der Waals surface area (Å²) in [6.45, 7) is 3.86. The minimum absolute atomic E-state index is 0.0359. The first-order valence-corrected chi connectivity index (χ1v) is 7.09. The van der Waals surface area contributed by atoms with E-state index in [0.29, 0.717) is 32.0 Å². The highest BCUT2D eigenvalue weighted by Crippen LogP contribution is 2.33. The van der Waals surface area contributed by atoms with E-state index in [2.05, 4.69) is 4.98 Å². The summed E-state index contributed by atoms with van der Waals surface area (Å²) in [5, 5.41) is -0.0359. The van der Waals surface area contributed by atoms with Crippen molar-refractivity contribution in [1.82, 2.24) is 9.88 Å². The summed E-state index contributed by atoms with van der Waals surface area (Å²) in [5.74, 6) is -0.0832. The molecule has 122 valence electrons. The number of anilines is 1. The lowest BCUT2D eigenvalue weighted by atomic mass is 10.2. The maximum absolute atomic E-state index is 12.6. The molecule has 0 aromatic carbocycles. The fraction of sp³-hybridized carbons (Fsp3) is 0.538. The van der Waals surface area contributed by atoms with Gasteiger partial charge < -0.3 is 10.6 Å². The molecule has 2 heterocycles. The van der Waals surface area contributed by atoms with Crippen LogP contribution in [0.15, 0.2) is 12.3 Å². The van der Waals surface area contributed by atoms with Crippen LogP contribution >= 0.6 is 11.6 Å². The number of carbonyl (C=O) groups is 1. The quantitative estimate of drug-likeness (QED) is 0.913. The fourth-order valence-electron chi connectivity index (χ4n) is 2.32. The van der Waals surface area contributed by atoms with Crippen molar-refractivity contribution in [2.75, 3.05) is 31.1 Å². The molecule has 22 heavy (non-hydrogen) atoms. The van der Waals surface area contributed by atoms with E-state index < -0.39 is 17.6 Å². The van der Waals surface area contributed by atoms with E-state index in [1.165, 1.54) is 0 Å². The van der Waals surface area contributed by atoms with Gasteiger partial charge in [-0.05, 0) is 13.0 Å². The molecule has 0 bridgehead atoms. The van der Waals surface area contributed by atoms with E-state index in [4.69, 9.17) is 17.3 Å². The maximum Gasteiger partial charge on any atom is 0.417 e. The Kier molecular flexibility index (Phi) is 4.81. The fourth-order valence-corrected chi connectivity index (χ4v) is 2.61. The molecule has 0 saturated carbocycles. The summed E-state index contributed by atoms with van der Waals surface area (Å²) in [6, 6.07) is 0.501. The van der Waals surface area contributed by atoms with Crippen LogP contribution < -0.4 is 10.6 Å². The number of primary amides is 1. The van der Waals surface area contributed by atoms with Crippen LogP contribution in [0.3, 0.4) is 0 Å². The number of nitrogens with zero attached hydrogens (tertiary/aromatic N) is 3. The van der Waals surface area contributed by atoms with Crippen LogP contribution in [0.5, 0.6) is 0 Å². The van der Waals surface area contributed by atoms with Crippen LogP contribution in [0.25, 0.3) is 0 Å². The second-order valence-electron chi connectivity index (χ2n) is 5.13. The number of hydrogen-bond acceptors (Lipinski definition) is 4. The van der Waals surface area contributed by atoms with Gasteiger partial charge in [0.15, 0.2) is 0 Å². The van der Waals surface area contributed by atoms with Crippen molar-refractivity contribution in [2.45, 2.75) is 19.1 Å². The summed E-state index contributed by atoms with van der Waals surface area (Å²) >= 11 is 5.93. The normalized spacial score (nSPS) is 18.3. The Bertz CT molecular complexity index is 559. The Balaban J connectivity index is 2.07. The van der Waals surface area contributed by atoms with Gasteiger partial charge in [0.05, 0.1) is 16.6 Å². The number of halogens is 4. The minimum Gasteiger partial charge on any atom is -0.368 e. The van der Waals surface area contributed by atoms with Gasteiger partial charge in [-0.15, -0.1) is 0 Å². The molecule has 2 rings (SSSR count). The van der Waals surface area contributed by atoms with E-state index >= 15 is 0 Å². The van der Waals surface area contributed by atoms with Crippen molar-refractivity contribution in [2.24, 2.45) is 5.73 Å². The Hall–Kier alpha value is -1.54. The van der Waals surface area contributed by atoms with Crippen LogP contribution in [0.4, 0.5) is 19.0 Å². The average molecular weight is 337 g/mol. The second-order valence-corrected chi connectivity index (χ2v) is 5.54. The molecule has 1 aromatic rings. The molecule has 2 N–H and O–H groups in total. The molecule has 9 heteroatoms. The topological polar surface area (TPSA) is 62.5 Å². The van der Waals surface area contributed by atoms with Gasteiger partial charge in [0.2, 0.25) is 5.91 Å². The Morgan fingerprint density at radius 2 is 1.95 bits per heavy atom. The molecule has 0 aliphatic carbocycles. The largest absolute Gasteiger partial charge is 0.417 e. The number of aromatic nitrogens is 1. The summed E-state index contributed by atoms with van der Waals surface area (Å²) in [4.78, 5) is 18.7. The molecular formula is C13H16ClF3N4O. The van der Waals surface area contributed by atoms with Crippen LogP contribution in [0.1, 0.15) is 12.5 Å². The first-order chi connectivity index (χ1) is 10.2. The number of pyridine rings is 1. The molecular weight excluding hydrogens is 321 g/mol. The van der Waals surface area contributed by atoms with Gasteiger partial charge in [-0.2, -0.15) is 13.2 Å². The highest BCUT2D eigenvalue weighted by atomic mass is 35.5. The number of hydrogen-bond donors (Lipinski definition) is 1. The molecule has 1 saturated heterocycles. The first kappa shape index (κ1) is 16.8. The standard InChI is InChI=1S/C13H16ClF3N4O/c1-8(11(18)22)20-2-4-21(5-3-20)12-10(14)6-9(7-19-12)13(15,16)17/h6-8H,2-5H2,1H3,(H2,18,22)/t8-/m0/s1. The highest BCUT2D eigenvalue weighted by Gasteiger charge is 2.32. The SMILES string of the molecule is C[C@@H](C(N)=O)N1CCN(c2ncc(C(F)(F)F)cc2Cl)CC1. The van der Waals surface area contributed by atoms with Gasteiger partial charge in [0.1, 0.15) is 5.82 Å². The number of amides is 1. The lowest BCUT2D eigenvalue weighted by molar-refractivity contribution is -0.137. The van der Waals surface area contributed by atoms with Crippen molar-refractivity contribution in [3.8, 4) is 0 Å². The van der Waals surface area contributed by atoms with Gasteiger partial charge in [-0.1, -0.05) is 11.6 Å². The van der Waals surface area contributed by atoms with Crippen LogP contribution in [-0.2, 0) is 11.0 Å². The van der Waals surface area contributed by atoms with Gasteiger partial charge in [0.25, 0.3) is 0 Å². The third kappa shape index (κ3) is 3.61. The van der Waals surface area contributed by atoms with E-state index in [9.17, 15) is 18.0 Å². The smallest absolute Gasteiger partial charge is 0.368 e. The van der Waals surface area contributed by atoms with E-state index in [1.54, 1.807) is 11.8 Å². The summed E-state index contributed by atoms with van der Waals surface area (Å²) in [6.07, 6.45) is -3.69. The number of carbonyl (C=O) groups excluding carboxylic acids is 1. The summed E-state index contributed by atoms with van der Waals surface area (Å²) < 4.78 is 37.8. The number of piperazine rings is 1. The molecule has 0 unspecified atom stereocenters. The molecule has 1 aromatic heterocycles. The number of nitrogens with two attached hydrogens (primary N) is 1. The minimum atomic E-state index is -4.47. The first-order valence-electron chi connectivity index (χ1n) is 6.71. The third-order valence-corrected chi connectivity index (χ3v) is 4.00. The number of rotatable bonds is 3. The average Bonchev–Trinajstić information content (AvgIpc) is 2.45. The van der Waals surface area contributed by atoms with Crippen molar-refractivity contribution >= 4 is 23.3 Å². The van der Waals surface area contributed by atoms with Crippen molar-refractivity contribution in [3.63, 3.8) is 0 Å². The van der Waals surface area contributed by atoms with Gasteiger partial charge >= 0.3 is 6.18 Å². The molecule has 0 spiro atoms. The van der Waals surface area contributed by atoms with Crippen LogP contribution in [0, 0.1) is 0 Å². The Morgan fingerprint density at radius 3 is 2.41 bits per heavy atom. The van der Waals surface area contributed by atoms with Crippen molar-refractivity contribution in [1.29, 1.82) is 0 Å².